The second-order valence-electron chi connectivity index (χ2n) is 5.01. The second-order valence-corrected chi connectivity index (χ2v) is 5.01. The van der Waals surface area contributed by atoms with Crippen LogP contribution in [0, 0.1) is 0 Å². The van der Waals surface area contributed by atoms with Crippen LogP contribution in [0.2, 0.25) is 0 Å². The third kappa shape index (κ3) is 1.69. The van der Waals surface area contributed by atoms with Crippen molar-refractivity contribution in [1.29, 1.82) is 0 Å². The van der Waals surface area contributed by atoms with E-state index in [1.165, 1.54) is 0 Å². The number of aromatic amines is 1. The third-order valence-corrected chi connectivity index (χ3v) is 3.79. The zero-order valence-corrected chi connectivity index (χ0v) is 10.4. The first kappa shape index (κ1) is 11.3. The molecule has 1 fully saturated rings. The fourth-order valence-corrected chi connectivity index (χ4v) is 2.76. The van der Waals surface area contributed by atoms with Crippen LogP contribution in [0.1, 0.15) is 23.2 Å². The normalized spacial score (nSPS) is 20.6. The highest BCUT2D eigenvalue weighted by molar-refractivity contribution is 6.10. The van der Waals surface area contributed by atoms with Gasteiger partial charge in [-0.15, -0.1) is 0 Å². The maximum Gasteiger partial charge on any atom is 0.182 e. The van der Waals surface area contributed by atoms with E-state index in [1.54, 1.807) is 6.20 Å². The number of aromatic nitrogens is 1. The molecule has 0 amide bonds. The van der Waals surface area contributed by atoms with Gasteiger partial charge < -0.3 is 10.7 Å². The Morgan fingerprint density at radius 2 is 2.33 bits per heavy atom. The van der Waals surface area contributed by atoms with Crippen LogP contribution in [-0.2, 0) is 0 Å². The first-order valence-electron chi connectivity index (χ1n) is 6.28. The molecule has 0 aliphatic carbocycles. The maximum absolute atomic E-state index is 12.5. The SMILES string of the molecule is CN1CCC[C@H]1C(=O)c1c[nH]c2ccc(N)cc12. The van der Waals surface area contributed by atoms with Crippen molar-refractivity contribution in [3.8, 4) is 0 Å². The van der Waals surface area contributed by atoms with Crippen LogP contribution in [0.5, 0.6) is 0 Å². The topological polar surface area (TPSA) is 62.1 Å². The molecule has 0 spiro atoms. The Labute approximate surface area is 106 Å². The zero-order valence-electron chi connectivity index (χ0n) is 10.4. The summed E-state index contributed by atoms with van der Waals surface area (Å²) in [7, 11) is 2.01. The van der Waals surface area contributed by atoms with Gasteiger partial charge in [-0.05, 0) is 44.6 Å². The molecule has 0 bridgehead atoms. The predicted molar refractivity (Wildman–Crippen MR) is 72.7 cm³/mol. The van der Waals surface area contributed by atoms with Gasteiger partial charge in [-0.1, -0.05) is 0 Å². The number of anilines is 1. The highest BCUT2D eigenvalue weighted by Crippen LogP contribution is 2.26. The lowest BCUT2D eigenvalue weighted by molar-refractivity contribution is 0.0892. The summed E-state index contributed by atoms with van der Waals surface area (Å²) in [6.45, 7) is 1.00. The number of nitrogen functional groups attached to an aromatic ring is 1. The number of likely N-dealkylation sites (tertiary alicyclic amines) is 1. The zero-order chi connectivity index (χ0) is 12.7. The summed E-state index contributed by atoms with van der Waals surface area (Å²) in [6, 6.07) is 5.65. The Morgan fingerprint density at radius 3 is 3.06 bits per heavy atom. The summed E-state index contributed by atoms with van der Waals surface area (Å²) < 4.78 is 0. The van der Waals surface area contributed by atoms with E-state index in [2.05, 4.69) is 9.88 Å². The summed E-state index contributed by atoms with van der Waals surface area (Å²) >= 11 is 0. The van der Waals surface area contributed by atoms with Gasteiger partial charge in [0.05, 0.1) is 6.04 Å². The number of H-pyrrole nitrogens is 1. The number of hydrogen-bond acceptors (Lipinski definition) is 3. The van der Waals surface area contributed by atoms with Crippen LogP contribution >= 0.6 is 0 Å². The Bertz CT molecular complexity index is 602. The number of ketones is 1. The number of hydrogen-bond donors (Lipinski definition) is 2. The standard InChI is InChI=1S/C14H17N3O/c1-17-6-2-3-13(17)14(18)11-8-16-12-5-4-9(15)7-10(11)12/h4-5,7-8,13,16H,2-3,6,15H2,1H3/t13-/m0/s1. The van der Waals surface area contributed by atoms with E-state index >= 15 is 0 Å². The molecule has 94 valence electrons. The Balaban J connectivity index is 2.03. The number of fused-ring (bicyclic) bond motifs is 1. The molecule has 2 aromatic rings. The van der Waals surface area contributed by atoms with E-state index < -0.39 is 0 Å². The van der Waals surface area contributed by atoms with Gasteiger partial charge in [-0.3, -0.25) is 9.69 Å². The van der Waals surface area contributed by atoms with Crippen molar-refractivity contribution >= 4 is 22.4 Å². The van der Waals surface area contributed by atoms with Crippen molar-refractivity contribution < 1.29 is 4.79 Å². The van der Waals surface area contributed by atoms with Gasteiger partial charge >= 0.3 is 0 Å². The molecule has 1 aromatic carbocycles. The fourth-order valence-electron chi connectivity index (χ4n) is 2.76. The van der Waals surface area contributed by atoms with Crippen molar-refractivity contribution in [2.24, 2.45) is 0 Å². The number of nitrogens with zero attached hydrogens (tertiary/aromatic N) is 1. The number of rotatable bonds is 2. The van der Waals surface area contributed by atoms with E-state index in [1.807, 2.05) is 25.2 Å². The highest BCUT2D eigenvalue weighted by Gasteiger charge is 2.29. The van der Waals surface area contributed by atoms with Gasteiger partial charge in [0.2, 0.25) is 0 Å². The number of nitrogens with two attached hydrogens (primary N) is 1. The lowest BCUT2D eigenvalue weighted by atomic mass is 10.0. The van der Waals surface area contributed by atoms with Crippen LogP contribution < -0.4 is 5.73 Å². The van der Waals surface area contributed by atoms with Crippen molar-refractivity contribution in [1.82, 2.24) is 9.88 Å². The summed E-state index contributed by atoms with van der Waals surface area (Å²) in [5.41, 5.74) is 8.21. The quantitative estimate of drug-likeness (QED) is 0.626. The Morgan fingerprint density at radius 1 is 1.50 bits per heavy atom. The molecule has 18 heavy (non-hydrogen) atoms. The lowest BCUT2D eigenvalue weighted by Crippen LogP contribution is -2.32. The van der Waals surface area contributed by atoms with E-state index in [9.17, 15) is 4.79 Å². The molecular weight excluding hydrogens is 226 g/mol. The first-order chi connectivity index (χ1) is 8.66. The number of Topliss-reactive ketones (excluding diaryl/α,β-unsaturated/α-hetero) is 1. The van der Waals surface area contributed by atoms with E-state index in [0.717, 1.165) is 35.9 Å². The number of carbonyl (C=O) groups excluding carboxylic acids is 1. The van der Waals surface area contributed by atoms with E-state index in [0.29, 0.717) is 5.69 Å². The van der Waals surface area contributed by atoms with Gasteiger partial charge in [0, 0.05) is 28.4 Å². The molecule has 1 saturated heterocycles. The minimum absolute atomic E-state index is 0.0189. The number of benzene rings is 1. The van der Waals surface area contributed by atoms with Gasteiger partial charge in [-0.2, -0.15) is 0 Å². The van der Waals surface area contributed by atoms with Crippen LogP contribution in [-0.4, -0.2) is 35.3 Å². The second kappa shape index (κ2) is 4.14. The van der Waals surface area contributed by atoms with Gasteiger partial charge in [-0.25, -0.2) is 0 Å². The summed E-state index contributed by atoms with van der Waals surface area (Å²) in [5, 5.41) is 0.931. The molecule has 1 aliphatic rings. The minimum atomic E-state index is 0.0189. The van der Waals surface area contributed by atoms with Crippen LogP contribution in [0.15, 0.2) is 24.4 Å². The average Bonchev–Trinajstić information content (AvgIpc) is 2.94. The first-order valence-corrected chi connectivity index (χ1v) is 6.28. The van der Waals surface area contributed by atoms with Crippen molar-refractivity contribution in [3.63, 3.8) is 0 Å². The molecule has 0 radical (unpaired) electrons. The van der Waals surface area contributed by atoms with Gasteiger partial charge in [0.1, 0.15) is 0 Å². The Kier molecular flexibility index (Phi) is 2.59. The number of likely N-dealkylation sites (N-methyl/N-ethyl adjacent to an activating group) is 1. The highest BCUT2D eigenvalue weighted by atomic mass is 16.1. The third-order valence-electron chi connectivity index (χ3n) is 3.79. The van der Waals surface area contributed by atoms with Gasteiger partial charge in [0.15, 0.2) is 5.78 Å². The molecule has 1 aromatic heterocycles. The maximum atomic E-state index is 12.5. The molecule has 1 atom stereocenters. The summed E-state index contributed by atoms with van der Waals surface area (Å²) in [4.78, 5) is 17.8. The lowest BCUT2D eigenvalue weighted by Gasteiger charge is -2.17. The van der Waals surface area contributed by atoms with Crippen LogP contribution in [0.3, 0.4) is 0 Å². The molecular formula is C14H17N3O. The smallest absolute Gasteiger partial charge is 0.182 e. The Hall–Kier alpha value is -1.81. The average molecular weight is 243 g/mol. The molecule has 0 unspecified atom stereocenters. The minimum Gasteiger partial charge on any atom is -0.399 e. The van der Waals surface area contributed by atoms with Gasteiger partial charge in [0.25, 0.3) is 0 Å². The molecule has 3 rings (SSSR count). The molecule has 4 nitrogen and oxygen atoms in total. The molecule has 0 saturated carbocycles. The molecule has 3 N–H and O–H groups in total. The van der Waals surface area contributed by atoms with Crippen molar-refractivity contribution in [2.75, 3.05) is 19.3 Å². The van der Waals surface area contributed by atoms with E-state index in [-0.39, 0.29) is 11.8 Å². The molecule has 4 heteroatoms. The predicted octanol–water partition coefficient (Wildman–Crippen LogP) is 2.03. The monoisotopic (exact) mass is 243 g/mol. The number of nitrogens with one attached hydrogen (secondary N) is 1. The van der Waals surface area contributed by atoms with Crippen LogP contribution in [0.25, 0.3) is 10.9 Å². The fraction of sp³-hybridized carbons (Fsp3) is 0.357. The molecule has 2 heterocycles. The van der Waals surface area contributed by atoms with Crippen molar-refractivity contribution in [2.45, 2.75) is 18.9 Å². The van der Waals surface area contributed by atoms with Crippen molar-refractivity contribution in [3.05, 3.63) is 30.0 Å². The summed E-state index contributed by atoms with van der Waals surface area (Å²) in [6.07, 6.45) is 3.85. The van der Waals surface area contributed by atoms with Crippen LogP contribution in [0.4, 0.5) is 5.69 Å². The largest absolute Gasteiger partial charge is 0.399 e. The number of carbonyl (C=O) groups is 1. The van der Waals surface area contributed by atoms with E-state index in [4.69, 9.17) is 5.73 Å². The summed E-state index contributed by atoms with van der Waals surface area (Å²) in [5.74, 6) is 0.201. The molecule has 1 aliphatic heterocycles.